The summed E-state index contributed by atoms with van der Waals surface area (Å²) < 4.78 is 4.76. The van der Waals surface area contributed by atoms with Crippen LogP contribution < -0.4 is 5.32 Å². The van der Waals surface area contributed by atoms with Gasteiger partial charge in [-0.15, -0.1) is 0 Å². The van der Waals surface area contributed by atoms with E-state index in [1.165, 1.54) is 6.92 Å². The summed E-state index contributed by atoms with van der Waals surface area (Å²) in [6, 6.07) is 0. The molecule has 0 aromatic heterocycles. The van der Waals surface area contributed by atoms with Gasteiger partial charge in [-0.25, -0.2) is 4.79 Å². The number of imide groups is 1. The normalized spacial score (nSPS) is 17.1. The van der Waals surface area contributed by atoms with Gasteiger partial charge in [-0.1, -0.05) is 6.58 Å². The molecule has 1 unspecified atom stereocenters. The highest BCUT2D eigenvalue weighted by Crippen LogP contribution is 2.11. The number of carbonyl (C=O) groups excluding carboxylic acids is 3. The van der Waals surface area contributed by atoms with E-state index in [0.717, 1.165) is 12.2 Å². The second-order valence-corrected chi connectivity index (χ2v) is 2.70. The third kappa shape index (κ3) is 2.07. The van der Waals surface area contributed by atoms with Gasteiger partial charge in [-0.05, 0) is 6.92 Å². The summed E-state index contributed by atoms with van der Waals surface area (Å²) in [5, 5.41) is 2.05. The van der Waals surface area contributed by atoms with Gasteiger partial charge in [0.25, 0.3) is 11.8 Å². The van der Waals surface area contributed by atoms with Crippen LogP contribution in [-0.4, -0.2) is 23.9 Å². The van der Waals surface area contributed by atoms with Crippen molar-refractivity contribution in [3.8, 4) is 0 Å². The summed E-state index contributed by atoms with van der Waals surface area (Å²) in [6.07, 6.45) is 1.36. The molecule has 1 atom stereocenters. The molecule has 1 rings (SSSR count). The minimum absolute atomic E-state index is 0.144. The zero-order valence-electron chi connectivity index (χ0n) is 7.57. The lowest BCUT2D eigenvalue weighted by Crippen LogP contribution is -2.26. The molecule has 1 aliphatic heterocycles. The maximum Gasteiger partial charge on any atom is 0.330 e. The van der Waals surface area contributed by atoms with E-state index in [9.17, 15) is 14.4 Å². The lowest BCUT2D eigenvalue weighted by atomic mass is 10.1. The third-order valence-electron chi connectivity index (χ3n) is 1.68. The molecular formula is C9H9NO4. The van der Waals surface area contributed by atoms with Crippen molar-refractivity contribution in [1.82, 2.24) is 5.32 Å². The predicted octanol–water partition coefficient (Wildman–Crippen LogP) is -0.313. The van der Waals surface area contributed by atoms with Crippen LogP contribution in [0.25, 0.3) is 0 Å². The summed E-state index contributed by atoms with van der Waals surface area (Å²) in [7, 11) is 0. The fraction of sp³-hybridized carbons (Fsp3) is 0.222. The predicted molar refractivity (Wildman–Crippen MR) is 47.0 cm³/mol. The molecule has 74 valence electrons. The van der Waals surface area contributed by atoms with Crippen LogP contribution in [0.4, 0.5) is 0 Å². The van der Waals surface area contributed by atoms with Gasteiger partial charge in [0.1, 0.15) is 6.10 Å². The number of esters is 1. The van der Waals surface area contributed by atoms with Crippen molar-refractivity contribution < 1.29 is 19.1 Å². The van der Waals surface area contributed by atoms with Crippen LogP contribution >= 0.6 is 0 Å². The molecule has 1 aliphatic rings. The average molecular weight is 195 g/mol. The molecule has 1 heterocycles. The molecule has 1 N–H and O–H groups in total. The third-order valence-corrected chi connectivity index (χ3v) is 1.68. The van der Waals surface area contributed by atoms with Gasteiger partial charge in [0, 0.05) is 12.2 Å². The summed E-state index contributed by atoms with van der Waals surface area (Å²) in [6.45, 7) is 4.72. The second kappa shape index (κ2) is 3.87. The largest absolute Gasteiger partial charge is 0.454 e. The number of hydrogen-bond donors (Lipinski definition) is 1. The average Bonchev–Trinajstić information content (AvgIpc) is 2.45. The Morgan fingerprint density at radius 2 is 2.29 bits per heavy atom. The van der Waals surface area contributed by atoms with Crippen molar-refractivity contribution in [2.24, 2.45) is 0 Å². The molecule has 0 fully saturated rings. The lowest BCUT2D eigenvalue weighted by molar-refractivity contribution is -0.140. The summed E-state index contributed by atoms with van der Waals surface area (Å²) >= 11 is 0. The van der Waals surface area contributed by atoms with Crippen molar-refractivity contribution >= 4 is 17.8 Å². The fourth-order valence-electron chi connectivity index (χ4n) is 1.01. The first-order valence-corrected chi connectivity index (χ1v) is 3.94. The Kier molecular flexibility index (Phi) is 2.81. The number of nitrogens with one attached hydrogen (secondary N) is 1. The fourth-order valence-corrected chi connectivity index (χ4v) is 1.01. The van der Waals surface area contributed by atoms with E-state index in [1.807, 2.05) is 0 Å². The quantitative estimate of drug-likeness (QED) is 0.381. The van der Waals surface area contributed by atoms with Crippen LogP contribution in [0.5, 0.6) is 0 Å². The molecule has 0 bridgehead atoms. The van der Waals surface area contributed by atoms with Crippen molar-refractivity contribution in [1.29, 1.82) is 0 Å². The van der Waals surface area contributed by atoms with E-state index < -0.39 is 23.9 Å². The Morgan fingerprint density at radius 3 is 2.71 bits per heavy atom. The highest BCUT2D eigenvalue weighted by atomic mass is 16.5. The first-order chi connectivity index (χ1) is 6.54. The first kappa shape index (κ1) is 10.2. The molecule has 2 amide bonds. The molecule has 0 aromatic rings. The molecule has 0 spiro atoms. The first-order valence-electron chi connectivity index (χ1n) is 3.94. The topological polar surface area (TPSA) is 72.5 Å². The van der Waals surface area contributed by atoms with Crippen LogP contribution in [-0.2, 0) is 19.1 Å². The Balaban J connectivity index is 2.70. The lowest BCUT2D eigenvalue weighted by Gasteiger charge is -2.10. The Bertz CT molecular complexity index is 343. The monoisotopic (exact) mass is 195 g/mol. The van der Waals surface area contributed by atoms with E-state index >= 15 is 0 Å². The molecule has 0 aromatic carbocycles. The van der Waals surface area contributed by atoms with Crippen LogP contribution in [0.2, 0.25) is 0 Å². The zero-order chi connectivity index (χ0) is 10.7. The van der Waals surface area contributed by atoms with Gasteiger partial charge < -0.3 is 4.74 Å². The standard InChI is InChI=1S/C9H9NO4/c1-3-8(12)14-5(2)6-4-7(11)10-9(6)13/h3-5H,1H2,2H3,(H,10,11,13). The van der Waals surface area contributed by atoms with Gasteiger partial charge in [0.2, 0.25) is 0 Å². The highest BCUT2D eigenvalue weighted by molar-refractivity contribution is 6.16. The van der Waals surface area contributed by atoms with Gasteiger partial charge >= 0.3 is 5.97 Å². The maximum atomic E-state index is 11.1. The minimum Gasteiger partial charge on any atom is -0.454 e. The zero-order valence-corrected chi connectivity index (χ0v) is 7.57. The summed E-state index contributed by atoms with van der Waals surface area (Å²) in [5.41, 5.74) is 0.144. The van der Waals surface area contributed by atoms with Gasteiger partial charge in [0.05, 0.1) is 5.57 Å². The van der Waals surface area contributed by atoms with Gasteiger partial charge in [-0.3, -0.25) is 14.9 Å². The molecule has 5 nitrogen and oxygen atoms in total. The molecule has 0 saturated heterocycles. The molecular weight excluding hydrogens is 186 g/mol. The molecule has 0 saturated carbocycles. The van der Waals surface area contributed by atoms with Crippen LogP contribution in [0.3, 0.4) is 0 Å². The Morgan fingerprint density at radius 1 is 1.64 bits per heavy atom. The molecule has 0 aliphatic carbocycles. The van der Waals surface area contributed by atoms with Crippen molar-refractivity contribution in [2.45, 2.75) is 13.0 Å². The number of rotatable bonds is 3. The molecule has 0 radical (unpaired) electrons. The van der Waals surface area contributed by atoms with E-state index in [0.29, 0.717) is 0 Å². The number of hydrogen-bond acceptors (Lipinski definition) is 4. The number of carbonyl (C=O) groups is 3. The highest BCUT2D eigenvalue weighted by Gasteiger charge is 2.27. The van der Waals surface area contributed by atoms with E-state index in [4.69, 9.17) is 4.74 Å². The smallest absolute Gasteiger partial charge is 0.330 e. The Hall–Kier alpha value is -1.91. The summed E-state index contributed by atoms with van der Waals surface area (Å²) in [5.74, 6) is -1.66. The van der Waals surface area contributed by atoms with E-state index in [1.54, 1.807) is 0 Å². The van der Waals surface area contributed by atoms with Crippen molar-refractivity contribution in [3.05, 3.63) is 24.3 Å². The van der Waals surface area contributed by atoms with E-state index in [-0.39, 0.29) is 5.57 Å². The summed E-state index contributed by atoms with van der Waals surface area (Å²) in [4.78, 5) is 32.6. The minimum atomic E-state index is -0.744. The van der Waals surface area contributed by atoms with Gasteiger partial charge in [-0.2, -0.15) is 0 Å². The van der Waals surface area contributed by atoms with Gasteiger partial charge in [0.15, 0.2) is 0 Å². The van der Waals surface area contributed by atoms with Crippen LogP contribution in [0.15, 0.2) is 24.3 Å². The van der Waals surface area contributed by atoms with Crippen LogP contribution in [0.1, 0.15) is 6.92 Å². The second-order valence-electron chi connectivity index (χ2n) is 2.70. The molecule has 14 heavy (non-hydrogen) atoms. The Labute approximate surface area is 80.4 Å². The molecule has 5 heteroatoms. The maximum absolute atomic E-state index is 11.1. The van der Waals surface area contributed by atoms with E-state index in [2.05, 4.69) is 11.9 Å². The SMILES string of the molecule is C=CC(=O)OC(C)C1=CC(=O)NC1=O. The number of amides is 2. The van der Waals surface area contributed by atoms with Crippen molar-refractivity contribution in [3.63, 3.8) is 0 Å². The van der Waals surface area contributed by atoms with Crippen molar-refractivity contribution in [2.75, 3.05) is 0 Å². The van der Waals surface area contributed by atoms with Crippen LogP contribution in [0, 0.1) is 0 Å². The number of ether oxygens (including phenoxy) is 1.